The van der Waals surface area contributed by atoms with Crippen LogP contribution in [0, 0.1) is 0 Å². The summed E-state index contributed by atoms with van der Waals surface area (Å²) in [4.78, 5) is 0. The predicted molar refractivity (Wildman–Crippen MR) is 188 cm³/mol. The first kappa shape index (κ1) is 24.4. The summed E-state index contributed by atoms with van der Waals surface area (Å²) in [5.41, 5.74) is 7.39. The van der Waals surface area contributed by atoms with Gasteiger partial charge in [-0.3, -0.25) is 0 Å². The Balaban J connectivity index is 1.29. The molecule has 9 rings (SSSR count). The molecule has 0 spiro atoms. The molecule has 1 heteroatoms. The second-order valence-corrected chi connectivity index (χ2v) is 12.4. The highest BCUT2D eigenvalue weighted by molar-refractivity contribution is 7.25. The highest BCUT2D eigenvalue weighted by Crippen LogP contribution is 2.40. The zero-order chi connectivity index (χ0) is 28.3. The van der Waals surface area contributed by atoms with E-state index in [0.29, 0.717) is 0 Å². The third-order valence-electron chi connectivity index (χ3n) is 8.83. The highest BCUT2D eigenvalue weighted by atomic mass is 32.1. The molecular weight excluding hydrogens is 537 g/mol. The van der Waals surface area contributed by atoms with E-state index in [2.05, 4.69) is 158 Å². The first-order valence-corrected chi connectivity index (χ1v) is 15.6. The SMILES string of the molecule is c1ccc(-c2cc(-c3ccc4sc5ccccc5c4c3)cc(-c3ccc4c5ccccc5c5ccccc5c4c3)c2)cc1. The molecule has 1 aromatic heterocycles. The molecule has 0 radical (unpaired) electrons. The minimum Gasteiger partial charge on any atom is -0.135 e. The van der Waals surface area contributed by atoms with Crippen molar-refractivity contribution in [3.63, 3.8) is 0 Å². The van der Waals surface area contributed by atoms with Gasteiger partial charge in [-0.15, -0.1) is 11.3 Å². The Bertz CT molecular complexity index is 2460. The maximum Gasteiger partial charge on any atom is 0.0355 e. The van der Waals surface area contributed by atoms with E-state index < -0.39 is 0 Å². The molecule has 0 fully saturated rings. The van der Waals surface area contributed by atoms with Crippen LogP contribution in [0.25, 0.3) is 85.9 Å². The summed E-state index contributed by atoms with van der Waals surface area (Å²) in [6, 6.07) is 58.1. The van der Waals surface area contributed by atoms with Gasteiger partial charge < -0.3 is 0 Å². The van der Waals surface area contributed by atoms with Gasteiger partial charge in [-0.25, -0.2) is 0 Å². The summed E-state index contributed by atoms with van der Waals surface area (Å²) < 4.78 is 2.67. The van der Waals surface area contributed by atoms with Gasteiger partial charge in [-0.1, -0.05) is 115 Å². The fraction of sp³-hybridized carbons (Fsp3) is 0. The van der Waals surface area contributed by atoms with Gasteiger partial charge >= 0.3 is 0 Å². The van der Waals surface area contributed by atoms with E-state index in [1.54, 1.807) is 0 Å². The van der Waals surface area contributed by atoms with Crippen molar-refractivity contribution in [2.45, 2.75) is 0 Å². The third kappa shape index (κ3) is 3.97. The van der Waals surface area contributed by atoms with Gasteiger partial charge in [0.25, 0.3) is 0 Å². The van der Waals surface area contributed by atoms with Crippen molar-refractivity contribution in [3.8, 4) is 33.4 Å². The molecule has 0 unspecified atom stereocenters. The van der Waals surface area contributed by atoms with Gasteiger partial charge in [0.15, 0.2) is 0 Å². The van der Waals surface area contributed by atoms with E-state index in [0.717, 1.165) is 0 Å². The fourth-order valence-corrected chi connectivity index (χ4v) is 7.84. The van der Waals surface area contributed by atoms with Crippen molar-refractivity contribution in [1.82, 2.24) is 0 Å². The van der Waals surface area contributed by atoms with Crippen LogP contribution in [0.3, 0.4) is 0 Å². The van der Waals surface area contributed by atoms with Gasteiger partial charge in [0.05, 0.1) is 0 Å². The maximum atomic E-state index is 2.40. The summed E-state index contributed by atoms with van der Waals surface area (Å²) >= 11 is 1.87. The van der Waals surface area contributed by atoms with Crippen LogP contribution >= 0.6 is 11.3 Å². The zero-order valence-electron chi connectivity index (χ0n) is 23.4. The van der Waals surface area contributed by atoms with E-state index in [9.17, 15) is 0 Å². The zero-order valence-corrected chi connectivity index (χ0v) is 24.2. The van der Waals surface area contributed by atoms with Crippen molar-refractivity contribution >= 4 is 63.8 Å². The monoisotopic (exact) mass is 562 g/mol. The van der Waals surface area contributed by atoms with Crippen LogP contribution in [0.2, 0.25) is 0 Å². The van der Waals surface area contributed by atoms with Gasteiger partial charge in [-0.05, 0) is 108 Å². The molecule has 9 aromatic rings. The maximum absolute atomic E-state index is 2.40. The number of benzene rings is 8. The second kappa shape index (κ2) is 9.66. The Morgan fingerprint density at radius 2 is 0.674 bits per heavy atom. The number of fused-ring (bicyclic) bond motifs is 9. The molecule has 0 atom stereocenters. The van der Waals surface area contributed by atoms with Crippen LogP contribution in [0.1, 0.15) is 0 Å². The van der Waals surface area contributed by atoms with Crippen LogP contribution in [0.4, 0.5) is 0 Å². The van der Waals surface area contributed by atoms with E-state index in [4.69, 9.17) is 0 Å². The van der Waals surface area contributed by atoms with Crippen LogP contribution in [-0.4, -0.2) is 0 Å². The Kier molecular flexibility index (Phi) is 5.47. The van der Waals surface area contributed by atoms with E-state index in [1.807, 2.05) is 11.3 Å². The first-order chi connectivity index (χ1) is 21.3. The molecule has 0 N–H and O–H groups in total. The number of rotatable bonds is 3. The Morgan fingerprint density at radius 1 is 0.233 bits per heavy atom. The summed E-state index contributed by atoms with van der Waals surface area (Å²) in [6.07, 6.45) is 0. The minimum atomic E-state index is 1.23. The molecule has 1 heterocycles. The predicted octanol–water partition coefficient (Wildman–Crippen LogP) is 12.5. The number of hydrogen-bond acceptors (Lipinski definition) is 1. The summed E-state index contributed by atoms with van der Waals surface area (Å²) in [5, 5.41) is 10.5. The minimum absolute atomic E-state index is 1.23. The summed E-state index contributed by atoms with van der Waals surface area (Å²) in [7, 11) is 0. The molecule has 0 nitrogen and oxygen atoms in total. The first-order valence-electron chi connectivity index (χ1n) is 14.8. The highest BCUT2D eigenvalue weighted by Gasteiger charge is 2.13. The molecular formula is C42H26S. The average molecular weight is 563 g/mol. The molecule has 0 saturated carbocycles. The average Bonchev–Trinajstić information content (AvgIpc) is 3.46. The van der Waals surface area contributed by atoms with Crippen LogP contribution in [0.5, 0.6) is 0 Å². The lowest BCUT2D eigenvalue weighted by molar-refractivity contribution is 1.58. The van der Waals surface area contributed by atoms with Gasteiger partial charge in [0, 0.05) is 20.2 Å². The van der Waals surface area contributed by atoms with Crippen molar-refractivity contribution < 1.29 is 0 Å². The van der Waals surface area contributed by atoms with E-state index in [1.165, 1.54) is 85.9 Å². The number of hydrogen-bond donors (Lipinski definition) is 0. The Morgan fingerprint density at radius 3 is 1.33 bits per heavy atom. The molecule has 0 saturated heterocycles. The largest absolute Gasteiger partial charge is 0.135 e. The van der Waals surface area contributed by atoms with Crippen molar-refractivity contribution in [2.24, 2.45) is 0 Å². The topological polar surface area (TPSA) is 0 Å². The Hall–Kier alpha value is -5.24. The van der Waals surface area contributed by atoms with E-state index in [-0.39, 0.29) is 0 Å². The van der Waals surface area contributed by atoms with Crippen LogP contribution in [0.15, 0.2) is 158 Å². The smallest absolute Gasteiger partial charge is 0.0355 e. The molecule has 8 aromatic carbocycles. The molecule has 0 bridgehead atoms. The van der Waals surface area contributed by atoms with Gasteiger partial charge in [0.2, 0.25) is 0 Å². The Labute approximate surface area is 254 Å². The lowest BCUT2D eigenvalue weighted by Gasteiger charge is -2.14. The molecule has 43 heavy (non-hydrogen) atoms. The molecule has 0 aliphatic carbocycles. The number of thiophene rings is 1. The van der Waals surface area contributed by atoms with Crippen molar-refractivity contribution in [1.29, 1.82) is 0 Å². The molecule has 200 valence electrons. The second-order valence-electron chi connectivity index (χ2n) is 11.3. The fourth-order valence-electron chi connectivity index (χ4n) is 6.75. The lowest BCUT2D eigenvalue weighted by atomic mass is 9.90. The van der Waals surface area contributed by atoms with Crippen LogP contribution in [-0.2, 0) is 0 Å². The summed E-state index contributed by atoms with van der Waals surface area (Å²) in [6.45, 7) is 0. The lowest BCUT2D eigenvalue weighted by Crippen LogP contribution is -1.88. The quantitative estimate of drug-likeness (QED) is 0.188. The summed E-state index contributed by atoms with van der Waals surface area (Å²) in [5.74, 6) is 0. The van der Waals surface area contributed by atoms with E-state index >= 15 is 0 Å². The van der Waals surface area contributed by atoms with Crippen LogP contribution < -0.4 is 0 Å². The third-order valence-corrected chi connectivity index (χ3v) is 9.98. The normalized spacial score (nSPS) is 11.7. The molecule has 0 amide bonds. The van der Waals surface area contributed by atoms with Gasteiger partial charge in [-0.2, -0.15) is 0 Å². The molecule has 0 aliphatic rings. The van der Waals surface area contributed by atoms with Gasteiger partial charge in [0.1, 0.15) is 0 Å². The molecule has 0 aliphatic heterocycles. The van der Waals surface area contributed by atoms with Crippen molar-refractivity contribution in [2.75, 3.05) is 0 Å². The van der Waals surface area contributed by atoms with Crippen molar-refractivity contribution in [3.05, 3.63) is 158 Å². The standard InChI is InChI=1S/C42H26S/c1-2-10-27(11-3-1)30-22-31(24-32(23-30)29-19-21-42-40(26-29)38-16-8-9-17-41(38)43-42)28-18-20-37-35-14-5-4-12-33(35)34-13-6-7-15-36(34)39(37)25-28/h1-26H.